The lowest BCUT2D eigenvalue weighted by Crippen LogP contribution is -2.57. The fourth-order valence-corrected chi connectivity index (χ4v) is 6.68. The van der Waals surface area contributed by atoms with Crippen molar-refractivity contribution in [3.05, 3.63) is 87.2 Å². The Balaban J connectivity index is 1.34. The molecular formula is C33H33Cl2N5O2. The Labute approximate surface area is 256 Å². The van der Waals surface area contributed by atoms with Crippen LogP contribution >= 0.6 is 23.2 Å². The smallest absolute Gasteiger partial charge is 0.410 e. The number of hydrogen-bond acceptors (Lipinski definition) is 5. The number of piperidine rings is 1. The van der Waals surface area contributed by atoms with Gasteiger partial charge in [0.2, 0.25) is 0 Å². The molecule has 1 spiro atoms. The van der Waals surface area contributed by atoms with Gasteiger partial charge < -0.3 is 14.6 Å². The van der Waals surface area contributed by atoms with E-state index < -0.39 is 5.60 Å². The van der Waals surface area contributed by atoms with Crippen molar-refractivity contribution in [1.29, 1.82) is 5.26 Å². The highest BCUT2D eigenvalue weighted by atomic mass is 35.5. The van der Waals surface area contributed by atoms with E-state index in [-0.39, 0.29) is 11.6 Å². The summed E-state index contributed by atoms with van der Waals surface area (Å²) in [5.41, 5.74) is 6.22. The second kappa shape index (κ2) is 10.9. The molecule has 1 aromatic heterocycles. The zero-order valence-electron chi connectivity index (χ0n) is 24.0. The second-order valence-corrected chi connectivity index (χ2v) is 13.0. The molecule has 0 saturated carbocycles. The van der Waals surface area contributed by atoms with Gasteiger partial charge in [0, 0.05) is 19.6 Å². The van der Waals surface area contributed by atoms with Crippen LogP contribution in [0, 0.1) is 11.3 Å². The van der Waals surface area contributed by atoms with E-state index >= 15 is 0 Å². The summed E-state index contributed by atoms with van der Waals surface area (Å²) in [6, 6.07) is 20.3. The van der Waals surface area contributed by atoms with Crippen LogP contribution in [0.4, 0.5) is 4.79 Å². The molecule has 0 atom stereocenters. The molecule has 1 saturated heterocycles. The van der Waals surface area contributed by atoms with Crippen LogP contribution < -0.4 is 0 Å². The third-order valence-corrected chi connectivity index (χ3v) is 9.07. The topological polar surface area (TPSA) is 85.2 Å². The number of ether oxygens (including phenoxy) is 1. The first-order valence-corrected chi connectivity index (χ1v) is 15.0. The number of carbonyl (C=O) groups is 1. The molecule has 0 bridgehead atoms. The maximum absolute atomic E-state index is 12.9. The zero-order chi connectivity index (χ0) is 29.6. The third kappa shape index (κ3) is 5.47. The molecule has 9 heteroatoms. The van der Waals surface area contributed by atoms with Gasteiger partial charge in [0.25, 0.3) is 0 Å². The number of nitrogens with zero attached hydrogens (tertiary/aromatic N) is 4. The average Bonchev–Trinajstić information content (AvgIpc) is 3.35. The first-order valence-electron chi connectivity index (χ1n) is 14.3. The number of benzene rings is 3. The predicted molar refractivity (Wildman–Crippen MR) is 166 cm³/mol. The number of nitriles is 1. The van der Waals surface area contributed by atoms with Crippen molar-refractivity contribution in [2.45, 2.75) is 57.7 Å². The highest BCUT2D eigenvalue weighted by Crippen LogP contribution is 2.45. The number of halogens is 2. The van der Waals surface area contributed by atoms with Crippen LogP contribution in [-0.2, 0) is 23.2 Å². The van der Waals surface area contributed by atoms with Crippen molar-refractivity contribution in [3.8, 4) is 17.2 Å². The SMILES string of the molecule is CC(C)(C)OC(=O)N1CCC2(CC1)c1ccc(-c3cccc(C#N)c3)cc1CCN2Cc1nc2cc(Cl)c(Cl)cc2[nH]1. The number of amides is 1. The number of rotatable bonds is 3. The van der Waals surface area contributed by atoms with Crippen molar-refractivity contribution in [1.82, 2.24) is 19.8 Å². The number of aromatic nitrogens is 2. The van der Waals surface area contributed by atoms with Crippen molar-refractivity contribution < 1.29 is 9.53 Å². The molecule has 3 aromatic carbocycles. The van der Waals surface area contributed by atoms with Gasteiger partial charge in [-0.25, -0.2) is 9.78 Å². The Morgan fingerprint density at radius 3 is 2.52 bits per heavy atom. The molecule has 42 heavy (non-hydrogen) atoms. The molecule has 0 aliphatic carbocycles. The molecule has 0 radical (unpaired) electrons. The number of H-pyrrole nitrogens is 1. The number of nitrogens with one attached hydrogen (secondary N) is 1. The van der Waals surface area contributed by atoms with E-state index in [0.717, 1.165) is 53.8 Å². The third-order valence-electron chi connectivity index (χ3n) is 8.34. The first-order chi connectivity index (χ1) is 20.0. The Morgan fingerprint density at radius 2 is 1.79 bits per heavy atom. The van der Waals surface area contributed by atoms with Gasteiger partial charge in [-0.3, -0.25) is 4.90 Å². The first kappa shape index (κ1) is 28.5. The molecule has 2 aliphatic heterocycles. The van der Waals surface area contributed by atoms with Crippen LogP contribution in [0.25, 0.3) is 22.2 Å². The lowest BCUT2D eigenvalue weighted by atomic mass is 9.73. The maximum Gasteiger partial charge on any atom is 0.410 e. The molecule has 6 rings (SSSR count). The predicted octanol–water partition coefficient (Wildman–Crippen LogP) is 7.69. The Kier molecular flexibility index (Phi) is 7.43. The minimum atomic E-state index is -0.540. The number of carbonyl (C=O) groups excluding carboxylic acids is 1. The van der Waals surface area contributed by atoms with Gasteiger partial charge in [-0.2, -0.15) is 5.26 Å². The van der Waals surface area contributed by atoms with Gasteiger partial charge in [-0.15, -0.1) is 0 Å². The van der Waals surface area contributed by atoms with Crippen LogP contribution in [-0.4, -0.2) is 51.1 Å². The average molecular weight is 603 g/mol. The van der Waals surface area contributed by atoms with Crippen LogP contribution in [0.1, 0.15) is 56.1 Å². The van der Waals surface area contributed by atoms with E-state index in [4.69, 9.17) is 32.9 Å². The van der Waals surface area contributed by atoms with Gasteiger partial charge >= 0.3 is 6.09 Å². The number of fused-ring (bicyclic) bond motifs is 3. The van der Waals surface area contributed by atoms with Crippen LogP contribution in [0.5, 0.6) is 0 Å². The summed E-state index contributed by atoms with van der Waals surface area (Å²) < 4.78 is 5.70. The standard InChI is InChI=1S/C33H33Cl2N5O2/c1-32(2,3)42-31(41)39-13-10-33(11-14-39)25-8-7-23(22-6-4-5-21(15-22)19-36)16-24(25)9-12-40(33)20-30-37-28-17-26(34)27(35)18-29(28)38-30/h4-8,15-18H,9-14,20H2,1-3H3,(H,37,38). The maximum atomic E-state index is 12.9. The second-order valence-electron chi connectivity index (χ2n) is 12.2. The Morgan fingerprint density at radius 1 is 1.05 bits per heavy atom. The monoisotopic (exact) mass is 601 g/mol. The Bertz CT molecular complexity index is 1670. The molecule has 4 aromatic rings. The number of hydrogen-bond donors (Lipinski definition) is 1. The van der Waals surface area contributed by atoms with Gasteiger partial charge in [-0.1, -0.05) is 53.5 Å². The molecule has 1 fully saturated rings. The van der Waals surface area contributed by atoms with E-state index in [2.05, 4.69) is 34.2 Å². The molecule has 3 heterocycles. The van der Waals surface area contributed by atoms with Crippen LogP contribution in [0.15, 0.2) is 54.6 Å². The molecule has 216 valence electrons. The van der Waals surface area contributed by atoms with Crippen molar-refractivity contribution >= 4 is 40.3 Å². The van der Waals surface area contributed by atoms with Crippen LogP contribution in [0.2, 0.25) is 10.0 Å². The zero-order valence-corrected chi connectivity index (χ0v) is 25.5. The largest absolute Gasteiger partial charge is 0.444 e. The van der Waals surface area contributed by atoms with Gasteiger partial charge in [0.1, 0.15) is 11.4 Å². The minimum Gasteiger partial charge on any atom is -0.444 e. The summed E-state index contributed by atoms with van der Waals surface area (Å²) in [6.07, 6.45) is 2.18. The lowest BCUT2D eigenvalue weighted by molar-refractivity contribution is -0.0173. The number of likely N-dealkylation sites (tertiary alicyclic amines) is 1. The molecule has 0 unspecified atom stereocenters. The van der Waals surface area contributed by atoms with Gasteiger partial charge in [-0.05, 0) is 86.6 Å². The van der Waals surface area contributed by atoms with E-state index in [1.807, 2.05) is 56.0 Å². The highest BCUT2D eigenvalue weighted by Gasteiger charge is 2.46. The summed E-state index contributed by atoms with van der Waals surface area (Å²) in [5.74, 6) is 0.852. The number of aromatic amines is 1. The van der Waals surface area contributed by atoms with Crippen molar-refractivity contribution in [2.75, 3.05) is 19.6 Å². The number of imidazole rings is 1. The lowest BCUT2D eigenvalue weighted by Gasteiger charge is -2.52. The van der Waals surface area contributed by atoms with Gasteiger partial charge in [0.15, 0.2) is 0 Å². The summed E-state index contributed by atoms with van der Waals surface area (Å²) in [4.78, 5) is 25.6. The fraction of sp³-hybridized carbons (Fsp3) is 0.364. The van der Waals surface area contributed by atoms with E-state index in [9.17, 15) is 10.1 Å². The van der Waals surface area contributed by atoms with Crippen molar-refractivity contribution in [2.24, 2.45) is 0 Å². The van der Waals surface area contributed by atoms with Gasteiger partial charge in [0.05, 0.1) is 44.8 Å². The molecule has 2 aliphatic rings. The van der Waals surface area contributed by atoms with E-state index in [1.54, 1.807) is 6.07 Å². The summed E-state index contributed by atoms with van der Waals surface area (Å²) >= 11 is 12.5. The van der Waals surface area contributed by atoms with Crippen molar-refractivity contribution in [3.63, 3.8) is 0 Å². The fourth-order valence-electron chi connectivity index (χ4n) is 6.36. The normalized spacial score (nSPS) is 16.8. The summed E-state index contributed by atoms with van der Waals surface area (Å²) in [7, 11) is 0. The Hall–Kier alpha value is -3.57. The van der Waals surface area contributed by atoms with Crippen LogP contribution in [0.3, 0.4) is 0 Å². The van der Waals surface area contributed by atoms with E-state index in [1.165, 1.54) is 11.1 Å². The molecule has 7 nitrogen and oxygen atoms in total. The molecule has 1 amide bonds. The molecular weight excluding hydrogens is 569 g/mol. The molecule has 1 N–H and O–H groups in total. The highest BCUT2D eigenvalue weighted by molar-refractivity contribution is 6.42. The van der Waals surface area contributed by atoms with E-state index in [0.29, 0.717) is 35.2 Å². The minimum absolute atomic E-state index is 0.265. The quantitative estimate of drug-likeness (QED) is 0.260. The summed E-state index contributed by atoms with van der Waals surface area (Å²) in [6.45, 7) is 8.36. The summed E-state index contributed by atoms with van der Waals surface area (Å²) in [5, 5.41) is 10.4.